The van der Waals surface area contributed by atoms with Gasteiger partial charge in [0.05, 0.1) is 5.69 Å². The van der Waals surface area contributed by atoms with Gasteiger partial charge in [0.1, 0.15) is 17.7 Å². The van der Waals surface area contributed by atoms with E-state index in [1.54, 1.807) is 34.1 Å². The third-order valence-corrected chi connectivity index (χ3v) is 6.46. The summed E-state index contributed by atoms with van der Waals surface area (Å²) in [6, 6.07) is 7.42. The molecule has 5 amide bonds. The first kappa shape index (κ1) is 27.2. The number of carbonyl (C=O) groups excluding carboxylic acids is 3. The summed E-state index contributed by atoms with van der Waals surface area (Å²) >= 11 is 5.98. The highest BCUT2D eigenvalue weighted by atomic mass is 35.5. The van der Waals surface area contributed by atoms with Gasteiger partial charge in [-0.2, -0.15) is 0 Å². The molecule has 1 aliphatic heterocycles. The minimum Gasteiger partial charge on any atom is -0.337 e. The van der Waals surface area contributed by atoms with Crippen LogP contribution in [0.4, 0.5) is 29.7 Å². The number of anilines is 2. The molecule has 194 valence electrons. The zero-order chi connectivity index (χ0) is 26.4. The van der Waals surface area contributed by atoms with Gasteiger partial charge >= 0.3 is 12.1 Å². The van der Waals surface area contributed by atoms with Gasteiger partial charge in [-0.3, -0.25) is 4.79 Å². The Hall–Kier alpha value is -3.40. The molecule has 1 fully saturated rings. The minimum absolute atomic E-state index is 0.197. The van der Waals surface area contributed by atoms with Gasteiger partial charge < -0.3 is 25.8 Å². The van der Waals surface area contributed by atoms with Crippen molar-refractivity contribution in [3.63, 3.8) is 0 Å². The fourth-order valence-corrected chi connectivity index (χ4v) is 4.18. The van der Waals surface area contributed by atoms with E-state index in [0.29, 0.717) is 29.7 Å². The van der Waals surface area contributed by atoms with Crippen LogP contribution in [0.25, 0.3) is 0 Å². The summed E-state index contributed by atoms with van der Waals surface area (Å²) in [5, 5.41) is 8.28. The van der Waals surface area contributed by atoms with Gasteiger partial charge in [0.2, 0.25) is 5.91 Å². The van der Waals surface area contributed by atoms with Gasteiger partial charge in [-0.25, -0.2) is 18.4 Å². The predicted octanol–water partition coefficient (Wildman–Crippen LogP) is 4.92. The molecule has 8 nitrogen and oxygen atoms in total. The highest BCUT2D eigenvalue weighted by Crippen LogP contribution is 2.20. The smallest absolute Gasteiger partial charge is 0.322 e. The van der Waals surface area contributed by atoms with E-state index < -0.39 is 23.7 Å². The quantitative estimate of drug-likeness (QED) is 0.503. The van der Waals surface area contributed by atoms with Crippen molar-refractivity contribution in [2.45, 2.75) is 39.3 Å². The van der Waals surface area contributed by atoms with Gasteiger partial charge in [-0.1, -0.05) is 37.9 Å². The third-order valence-electron chi connectivity index (χ3n) is 6.22. The number of carbonyl (C=O) groups is 3. The molecule has 2 aromatic carbocycles. The molecule has 36 heavy (non-hydrogen) atoms. The highest BCUT2D eigenvalue weighted by molar-refractivity contribution is 6.30. The van der Waals surface area contributed by atoms with Crippen molar-refractivity contribution in [3.05, 3.63) is 59.1 Å². The van der Waals surface area contributed by atoms with Gasteiger partial charge in [-0.15, -0.1) is 0 Å². The molecule has 1 aliphatic rings. The van der Waals surface area contributed by atoms with Gasteiger partial charge in [0.15, 0.2) is 0 Å². The Bertz CT molecular complexity index is 1120. The predicted molar refractivity (Wildman–Crippen MR) is 135 cm³/mol. The molecule has 1 heterocycles. The van der Waals surface area contributed by atoms with Crippen LogP contribution in [0.3, 0.4) is 0 Å². The number of benzene rings is 2. The lowest BCUT2D eigenvalue weighted by Crippen LogP contribution is -2.60. The number of nitrogens with one attached hydrogen (secondary N) is 3. The van der Waals surface area contributed by atoms with Crippen LogP contribution in [-0.4, -0.2) is 59.5 Å². The zero-order valence-electron chi connectivity index (χ0n) is 20.4. The van der Waals surface area contributed by atoms with Crippen LogP contribution in [0.5, 0.6) is 0 Å². The number of nitrogens with zero attached hydrogens (tertiary/aromatic N) is 2. The third kappa shape index (κ3) is 6.84. The molecular formula is C25H30ClF2N5O3. The SMILES string of the molecule is CCC(C)C(NC(=O)Nc1ccc(F)cc1F)C(=O)N1CCN(C(=O)Nc2cccc(Cl)c2)C(C)C1. The molecule has 3 atom stereocenters. The van der Waals surface area contributed by atoms with Gasteiger partial charge in [0, 0.05) is 42.5 Å². The largest absolute Gasteiger partial charge is 0.337 e. The number of rotatable bonds is 6. The fourth-order valence-electron chi connectivity index (χ4n) is 3.99. The average Bonchev–Trinajstić information content (AvgIpc) is 2.83. The van der Waals surface area contributed by atoms with Crippen LogP contribution >= 0.6 is 11.6 Å². The Labute approximate surface area is 214 Å². The molecule has 0 aliphatic carbocycles. The van der Waals surface area contributed by atoms with E-state index in [9.17, 15) is 23.2 Å². The van der Waals surface area contributed by atoms with E-state index in [1.807, 2.05) is 20.8 Å². The van der Waals surface area contributed by atoms with Crippen LogP contribution in [0.2, 0.25) is 5.02 Å². The van der Waals surface area contributed by atoms with Gasteiger partial charge in [0.25, 0.3) is 0 Å². The topological polar surface area (TPSA) is 93.8 Å². The van der Waals surface area contributed by atoms with Crippen LogP contribution in [0, 0.1) is 17.6 Å². The Morgan fingerprint density at radius 3 is 2.50 bits per heavy atom. The number of amides is 5. The minimum atomic E-state index is -0.919. The lowest BCUT2D eigenvalue weighted by Gasteiger charge is -2.41. The molecule has 11 heteroatoms. The summed E-state index contributed by atoms with van der Waals surface area (Å²) in [5.74, 6) is -2.18. The van der Waals surface area contributed by atoms with Crippen molar-refractivity contribution in [1.82, 2.24) is 15.1 Å². The summed E-state index contributed by atoms with van der Waals surface area (Å²) in [5.41, 5.74) is 0.375. The monoisotopic (exact) mass is 521 g/mol. The molecule has 0 aromatic heterocycles. The van der Waals surface area contributed by atoms with Crippen molar-refractivity contribution in [1.29, 1.82) is 0 Å². The number of piperazine rings is 1. The summed E-state index contributed by atoms with van der Waals surface area (Å²) in [4.78, 5) is 41.9. The van der Waals surface area contributed by atoms with Crippen molar-refractivity contribution in [2.75, 3.05) is 30.3 Å². The van der Waals surface area contributed by atoms with E-state index in [1.165, 1.54) is 0 Å². The van der Waals surface area contributed by atoms with Crippen molar-refractivity contribution in [2.24, 2.45) is 5.92 Å². The molecule has 3 N–H and O–H groups in total. The Balaban J connectivity index is 1.62. The maximum Gasteiger partial charge on any atom is 0.322 e. The molecule has 0 saturated carbocycles. The second-order valence-corrected chi connectivity index (χ2v) is 9.29. The van der Waals surface area contributed by atoms with Crippen LogP contribution in [0.1, 0.15) is 27.2 Å². The van der Waals surface area contributed by atoms with Crippen molar-refractivity contribution in [3.8, 4) is 0 Å². The molecule has 3 rings (SSSR count). The molecule has 0 spiro atoms. The van der Waals surface area contributed by atoms with E-state index in [4.69, 9.17) is 11.6 Å². The first-order valence-electron chi connectivity index (χ1n) is 11.7. The van der Waals surface area contributed by atoms with E-state index in [-0.39, 0.29) is 42.7 Å². The Morgan fingerprint density at radius 2 is 1.86 bits per heavy atom. The lowest BCUT2D eigenvalue weighted by molar-refractivity contribution is -0.136. The summed E-state index contributed by atoms with van der Waals surface area (Å²) in [6.07, 6.45) is 0.610. The van der Waals surface area contributed by atoms with E-state index in [2.05, 4.69) is 16.0 Å². The van der Waals surface area contributed by atoms with Crippen LogP contribution in [0.15, 0.2) is 42.5 Å². The molecule has 1 saturated heterocycles. The standard InChI is InChI=1S/C25H30ClF2N5O3/c1-4-15(2)22(31-24(35)30-21-9-8-18(27)13-20(21)28)23(34)32-10-11-33(16(3)14-32)25(36)29-19-7-5-6-17(26)12-19/h5-9,12-13,15-16,22H,4,10-11,14H2,1-3H3,(H,29,36)(H2,30,31,35). The molecule has 0 bridgehead atoms. The lowest BCUT2D eigenvalue weighted by atomic mass is 9.97. The highest BCUT2D eigenvalue weighted by Gasteiger charge is 2.35. The first-order chi connectivity index (χ1) is 17.1. The maximum absolute atomic E-state index is 13.9. The summed E-state index contributed by atoms with van der Waals surface area (Å²) < 4.78 is 27.1. The molecule has 2 aromatic rings. The fraction of sp³-hybridized carbons (Fsp3) is 0.400. The normalized spacial score (nSPS) is 17.2. The molecular weight excluding hydrogens is 492 g/mol. The van der Waals surface area contributed by atoms with E-state index in [0.717, 1.165) is 12.1 Å². The maximum atomic E-state index is 13.9. The van der Waals surface area contributed by atoms with Crippen molar-refractivity contribution >= 4 is 40.9 Å². The Morgan fingerprint density at radius 1 is 1.11 bits per heavy atom. The van der Waals surface area contributed by atoms with Gasteiger partial charge in [-0.05, 0) is 43.2 Å². The summed E-state index contributed by atoms with van der Waals surface area (Å²) in [6.45, 7) is 6.44. The van der Waals surface area contributed by atoms with Crippen LogP contribution < -0.4 is 16.0 Å². The van der Waals surface area contributed by atoms with Crippen LogP contribution in [-0.2, 0) is 4.79 Å². The van der Waals surface area contributed by atoms with Crippen molar-refractivity contribution < 1.29 is 23.2 Å². The second kappa shape index (κ2) is 12.0. The van der Waals surface area contributed by atoms with E-state index >= 15 is 0 Å². The average molecular weight is 522 g/mol. The Kier molecular flexibility index (Phi) is 9.08. The number of halogens is 3. The number of hydrogen-bond donors (Lipinski definition) is 3. The summed E-state index contributed by atoms with van der Waals surface area (Å²) in [7, 11) is 0. The number of urea groups is 2. The zero-order valence-corrected chi connectivity index (χ0v) is 21.1. The molecule has 0 radical (unpaired) electrons. The first-order valence-corrected chi connectivity index (χ1v) is 12.1. The molecule has 3 unspecified atom stereocenters. The number of hydrogen-bond acceptors (Lipinski definition) is 3. The second-order valence-electron chi connectivity index (χ2n) is 8.85.